The molecule has 4 rings (SSSR count). The van der Waals surface area contributed by atoms with E-state index in [1.807, 2.05) is 57.2 Å². The number of aliphatic carboxylic acids is 1. The number of hydrogen-bond acceptors (Lipinski definition) is 6. The number of aryl methyl sites for hydroxylation is 3. The molecule has 0 fully saturated rings. The third-order valence-corrected chi connectivity index (χ3v) is 6.99. The molecule has 1 atom stereocenters. The van der Waals surface area contributed by atoms with Crippen LogP contribution in [0.1, 0.15) is 47.3 Å². The normalized spacial score (nSPS) is 12.0. The lowest BCUT2D eigenvalue weighted by Crippen LogP contribution is -2.48. The summed E-state index contributed by atoms with van der Waals surface area (Å²) in [6.45, 7) is 5.88. The van der Waals surface area contributed by atoms with Gasteiger partial charge in [0.2, 0.25) is 11.8 Å². The SMILES string of the molecule is Cc1oc2cc3oc(=O)c(CCC(=O)N[C@H](Cc4ccccc4)C(=O)NCCCC(=O)O)c(C)c3cc2c1C. The van der Waals surface area contributed by atoms with Crippen LogP contribution < -0.4 is 16.3 Å². The molecule has 0 aliphatic heterocycles. The first kappa shape index (κ1) is 27.6. The predicted molar refractivity (Wildman–Crippen MR) is 147 cm³/mol. The minimum atomic E-state index is -0.939. The van der Waals surface area contributed by atoms with Gasteiger partial charge in [0, 0.05) is 48.2 Å². The third-order valence-electron chi connectivity index (χ3n) is 6.99. The highest BCUT2D eigenvalue weighted by atomic mass is 16.4. The van der Waals surface area contributed by atoms with Crippen molar-refractivity contribution >= 4 is 39.7 Å². The number of hydrogen-bond donors (Lipinski definition) is 3. The van der Waals surface area contributed by atoms with Gasteiger partial charge in [-0.15, -0.1) is 0 Å². The van der Waals surface area contributed by atoms with Crippen LogP contribution in [0.4, 0.5) is 0 Å². The van der Waals surface area contributed by atoms with E-state index in [9.17, 15) is 19.2 Å². The lowest BCUT2D eigenvalue weighted by molar-refractivity contribution is -0.137. The van der Waals surface area contributed by atoms with Crippen molar-refractivity contribution in [3.05, 3.63) is 80.9 Å². The Kier molecular flexibility index (Phi) is 8.49. The molecule has 0 aliphatic rings. The number of rotatable bonds is 11. The number of furan rings is 1. The largest absolute Gasteiger partial charge is 0.481 e. The molecule has 0 bridgehead atoms. The van der Waals surface area contributed by atoms with Crippen molar-refractivity contribution < 1.29 is 28.3 Å². The zero-order valence-corrected chi connectivity index (χ0v) is 22.3. The Morgan fingerprint density at radius 3 is 2.33 bits per heavy atom. The molecule has 9 nitrogen and oxygen atoms in total. The number of nitrogens with one attached hydrogen (secondary N) is 2. The second-order valence-corrected chi connectivity index (χ2v) is 9.72. The van der Waals surface area contributed by atoms with Crippen LogP contribution in [0.25, 0.3) is 21.9 Å². The van der Waals surface area contributed by atoms with Crippen molar-refractivity contribution in [3.8, 4) is 0 Å². The molecule has 0 saturated heterocycles. The van der Waals surface area contributed by atoms with Crippen molar-refractivity contribution in [3.63, 3.8) is 0 Å². The Hall–Kier alpha value is -4.40. The van der Waals surface area contributed by atoms with Crippen LogP contribution in [0, 0.1) is 20.8 Å². The maximum absolute atomic E-state index is 12.9. The zero-order chi connectivity index (χ0) is 28.1. The van der Waals surface area contributed by atoms with Crippen LogP contribution >= 0.6 is 0 Å². The van der Waals surface area contributed by atoms with E-state index >= 15 is 0 Å². The Morgan fingerprint density at radius 1 is 0.923 bits per heavy atom. The number of carboxylic acid groups (broad SMARTS) is 1. The molecule has 39 heavy (non-hydrogen) atoms. The average molecular weight is 533 g/mol. The number of benzene rings is 2. The monoisotopic (exact) mass is 532 g/mol. The molecule has 0 aliphatic carbocycles. The molecular weight excluding hydrogens is 500 g/mol. The van der Waals surface area contributed by atoms with Crippen molar-refractivity contribution in [1.29, 1.82) is 0 Å². The predicted octanol–water partition coefficient (Wildman–Crippen LogP) is 4.11. The van der Waals surface area contributed by atoms with E-state index in [1.54, 1.807) is 6.07 Å². The molecule has 2 heterocycles. The first-order valence-electron chi connectivity index (χ1n) is 12.9. The van der Waals surface area contributed by atoms with Gasteiger partial charge in [-0.1, -0.05) is 30.3 Å². The molecule has 3 N–H and O–H groups in total. The number of amides is 2. The van der Waals surface area contributed by atoms with Crippen LogP contribution in [0.3, 0.4) is 0 Å². The minimum Gasteiger partial charge on any atom is -0.481 e. The Labute approximate surface area is 225 Å². The van der Waals surface area contributed by atoms with Crippen molar-refractivity contribution in [1.82, 2.24) is 10.6 Å². The molecule has 0 saturated carbocycles. The van der Waals surface area contributed by atoms with Crippen LogP contribution in [-0.2, 0) is 27.2 Å². The molecule has 0 spiro atoms. The second-order valence-electron chi connectivity index (χ2n) is 9.72. The maximum atomic E-state index is 12.9. The van der Waals surface area contributed by atoms with E-state index < -0.39 is 23.5 Å². The van der Waals surface area contributed by atoms with Gasteiger partial charge in [0.1, 0.15) is 23.0 Å². The van der Waals surface area contributed by atoms with Crippen LogP contribution in [-0.4, -0.2) is 35.5 Å². The van der Waals surface area contributed by atoms with Gasteiger partial charge in [-0.3, -0.25) is 14.4 Å². The standard InChI is InChI=1S/C30H32N2O7/c1-17-19(3)38-25-16-26-23(15-22(17)25)18(2)21(30(37)39-26)11-12-27(33)32-24(14-20-8-5-4-6-9-20)29(36)31-13-7-10-28(34)35/h4-6,8-9,15-16,24H,7,10-14H2,1-3H3,(H,31,36)(H,32,33)(H,34,35)/t24-/m1/s1. The summed E-state index contributed by atoms with van der Waals surface area (Å²) in [6.07, 6.45) is 0.633. The summed E-state index contributed by atoms with van der Waals surface area (Å²) in [6, 6.07) is 12.1. The summed E-state index contributed by atoms with van der Waals surface area (Å²) in [5.74, 6) is -0.916. The van der Waals surface area contributed by atoms with Crippen LogP contribution in [0.2, 0.25) is 0 Å². The number of carbonyl (C=O) groups excluding carboxylic acids is 2. The second kappa shape index (κ2) is 12.0. The summed E-state index contributed by atoms with van der Waals surface area (Å²) < 4.78 is 11.3. The molecule has 2 aromatic carbocycles. The quantitative estimate of drug-likeness (QED) is 0.195. The molecule has 0 unspecified atom stereocenters. The molecular formula is C30H32N2O7. The van der Waals surface area contributed by atoms with E-state index in [-0.39, 0.29) is 44.6 Å². The first-order valence-corrected chi connectivity index (χ1v) is 12.9. The smallest absolute Gasteiger partial charge is 0.339 e. The molecule has 2 aromatic heterocycles. The average Bonchev–Trinajstić information content (AvgIpc) is 3.17. The highest BCUT2D eigenvalue weighted by Crippen LogP contribution is 2.31. The zero-order valence-electron chi connectivity index (χ0n) is 22.3. The fraction of sp³-hybridized carbons (Fsp3) is 0.333. The van der Waals surface area contributed by atoms with Gasteiger partial charge in [-0.2, -0.15) is 0 Å². The Bertz CT molecular complexity index is 1580. The maximum Gasteiger partial charge on any atom is 0.339 e. The van der Waals surface area contributed by atoms with Gasteiger partial charge >= 0.3 is 11.6 Å². The summed E-state index contributed by atoms with van der Waals surface area (Å²) >= 11 is 0. The Balaban J connectivity index is 1.48. The lowest BCUT2D eigenvalue weighted by Gasteiger charge is -2.19. The van der Waals surface area contributed by atoms with Gasteiger partial charge in [0.05, 0.1) is 0 Å². The van der Waals surface area contributed by atoms with E-state index in [2.05, 4.69) is 10.6 Å². The van der Waals surface area contributed by atoms with Crippen molar-refractivity contribution in [2.75, 3.05) is 6.54 Å². The van der Waals surface area contributed by atoms with Gasteiger partial charge in [-0.25, -0.2) is 4.79 Å². The minimum absolute atomic E-state index is 0.0131. The lowest BCUT2D eigenvalue weighted by atomic mass is 10.00. The van der Waals surface area contributed by atoms with Crippen molar-refractivity contribution in [2.24, 2.45) is 0 Å². The highest BCUT2D eigenvalue weighted by molar-refractivity contribution is 5.97. The first-order chi connectivity index (χ1) is 18.6. The molecule has 0 radical (unpaired) electrons. The molecule has 2 amide bonds. The van der Waals surface area contributed by atoms with E-state index in [0.29, 0.717) is 16.7 Å². The van der Waals surface area contributed by atoms with Gasteiger partial charge in [0.25, 0.3) is 0 Å². The molecule has 204 valence electrons. The van der Waals surface area contributed by atoms with Crippen LogP contribution in [0.15, 0.2) is 56.1 Å². The van der Waals surface area contributed by atoms with Crippen LogP contribution in [0.5, 0.6) is 0 Å². The number of carboxylic acids is 1. The summed E-state index contributed by atoms with van der Waals surface area (Å²) in [5, 5.41) is 16.0. The summed E-state index contributed by atoms with van der Waals surface area (Å²) in [4.78, 5) is 49.3. The molecule has 9 heteroatoms. The number of carbonyl (C=O) groups is 3. The van der Waals surface area contributed by atoms with E-state index in [4.69, 9.17) is 13.9 Å². The van der Waals surface area contributed by atoms with Gasteiger partial charge in [-0.05, 0) is 56.4 Å². The summed E-state index contributed by atoms with van der Waals surface area (Å²) in [7, 11) is 0. The summed E-state index contributed by atoms with van der Waals surface area (Å²) in [5.41, 5.74) is 3.60. The van der Waals surface area contributed by atoms with Crippen molar-refractivity contribution in [2.45, 2.75) is 58.9 Å². The fourth-order valence-electron chi connectivity index (χ4n) is 4.65. The van der Waals surface area contributed by atoms with Gasteiger partial charge in [0.15, 0.2) is 0 Å². The van der Waals surface area contributed by atoms with E-state index in [0.717, 1.165) is 33.2 Å². The fourth-order valence-corrected chi connectivity index (χ4v) is 4.65. The molecule has 4 aromatic rings. The number of fused-ring (bicyclic) bond motifs is 2. The third kappa shape index (κ3) is 6.54. The topological polar surface area (TPSA) is 139 Å². The van der Waals surface area contributed by atoms with E-state index in [1.165, 1.54) is 0 Å². The van der Waals surface area contributed by atoms with Gasteiger partial charge < -0.3 is 24.6 Å². The highest BCUT2D eigenvalue weighted by Gasteiger charge is 2.22. The Morgan fingerprint density at radius 2 is 1.62 bits per heavy atom.